The maximum Gasteiger partial charge on any atom is 0.243 e. The van der Waals surface area contributed by atoms with Crippen LogP contribution in [0.3, 0.4) is 0 Å². The lowest BCUT2D eigenvalue weighted by Gasteiger charge is -2.33. The Morgan fingerprint density at radius 3 is 2.35 bits per heavy atom. The second kappa shape index (κ2) is 11.5. The molecule has 0 spiro atoms. The molecule has 0 aliphatic heterocycles. The van der Waals surface area contributed by atoms with Crippen molar-refractivity contribution in [3.05, 3.63) is 69.7 Å². The van der Waals surface area contributed by atoms with Gasteiger partial charge < -0.3 is 10.2 Å². The standard InChI is InChI=1S/C25H30Cl2N2O2/c1-2-23(25(31)28-20-11-7-4-8-12-20)29(17-19-13-14-21(26)22(27)15-19)24(30)16-18-9-5-3-6-10-18/h3,5-6,9-10,13-15,20,23H,2,4,7-8,11-12,16-17H2,1H3,(H,28,31)/t23-/m1/s1. The van der Waals surface area contributed by atoms with Crippen molar-refractivity contribution in [2.75, 3.05) is 0 Å². The van der Waals surface area contributed by atoms with Crippen LogP contribution < -0.4 is 5.32 Å². The molecule has 166 valence electrons. The first-order chi connectivity index (χ1) is 15.0. The number of amides is 2. The number of nitrogens with zero attached hydrogens (tertiary/aromatic N) is 1. The van der Waals surface area contributed by atoms with Crippen LogP contribution in [-0.4, -0.2) is 28.8 Å². The molecule has 1 atom stereocenters. The molecule has 2 aromatic carbocycles. The Balaban J connectivity index is 1.81. The monoisotopic (exact) mass is 460 g/mol. The van der Waals surface area contributed by atoms with Gasteiger partial charge >= 0.3 is 0 Å². The first kappa shape index (κ1) is 23.6. The van der Waals surface area contributed by atoms with Crippen molar-refractivity contribution < 1.29 is 9.59 Å². The van der Waals surface area contributed by atoms with Crippen LogP contribution in [0.1, 0.15) is 56.6 Å². The highest BCUT2D eigenvalue weighted by Crippen LogP contribution is 2.25. The van der Waals surface area contributed by atoms with E-state index in [-0.39, 0.29) is 24.3 Å². The molecule has 0 unspecified atom stereocenters. The molecule has 2 aromatic rings. The van der Waals surface area contributed by atoms with Crippen molar-refractivity contribution in [3.8, 4) is 0 Å². The average Bonchev–Trinajstić information content (AvgIpc) is 2.77. The summed E-state index contributed by atoms with van der Waals surface area (Å²) in [6.07, 6.45) is 6.31. The molecular formula is C25H30Cl2N2O2. The van der Waals surface area contributed by atoms with Gasteiger partial charge in [0.25, 0.3) is 0 Å². The molecule has 0 saturated heterocycles. The molecule has 1 aliphatic rings. The topological polar surface area (TPSA) is 49.4 Å². The van der Waals surface area contributed by atoms with Crippen LogP contribution in [0, 0.1) is 0 Å². The van der Waals surface area contributed by atoms with Crippen LogP contribution >= 0.6 is 23.2 Å². The highest BCUT2D eigenvalue weighted by Gasteiger charge is 2.30. The van der Waals surface area contributed by atoms with Crippen molar-refractivity contribution in [1.29, 1.82) is 0 Å². The number of benzene rings is 2. The summed E-state index contributed by atoms with van der Waals surface area (Å²) in [7, 11) is 0. The van der Waals surface area contributed by atoms with E-state index in [1.807, 2.05) is 43.3 Å². The van der Waals surface area contributed by atoms with E-state index in [4.69, 9.17) is 23.2 Å². The molecule has 1 aliphatic carbocycles. The third-order valence-corrected chi connectivity index (χ3v) is 6.61. The number of carbonyl (C=O) groups excluding carboxylic acids is 2. The van der Waals surface area contributed by atoms with Crippen molar-refractivity contribution in [2.24, 2.45) is 0 Å². The molecule has 0 bridgehead atoms. The van der Waals surface area contributed by atoms with Gasteiger partial charge in [0.1, 0.15) is 6.04 Å². The largest absolute Gasteiger partial charge is 0.352 e. The Bertz CT molecular complexity index is 882. The minimum Gasteiger partial charge on any atom is -0.352 e. The summed E-state index contributed by atoms with van der Waals surface area (Å²) in [6, 6.07) is 14.6. The number of carbonyl (C=O) groups is 2. The summed E-state index contributed by atoms with van der Waals surface area (Å²) in [5.74, 6) is -0.154. The van der Waals surface area contributed by atoms with E-state index in [0.29, 0.717) is 23.0 Å². The van der Waals surface area contributed by atoms with Crippen molar-refractivity contribution in [3.63, 3.8) is 0 Å². The minimum atomic E-state index is -0.535. The zero-order chi connectivity index (χ0) is 22.2. The molecule has 0 radical (unpaired) electrons. The Kier molecular flexibility index (Phi) is 8.79. The van der Waals surface area contributed by atoms with Gasteiger partial charge in [0, 0.05) is 12.6 Å². The fraction of sp³-hybridized carbons (Fsp3) is 0.440. The van der Waals surface area contributed by atoms with Crippen molar-refractivity contribution in [2.45, 2.75) is 70.5 Å². The van der Waals surface area contributed by atoms with E-state index < -0.39 is 6.04 Å². The van der Waals surface area contributed by atoms with E-state index in [1.165, 1.54) is 6.42 Å². The lowest BCUT2D eigenvalue weighted by atomic mass is 9.95. The normalized spacial score (nSPS) is 15.3. The van der Waals surface area contributed by atoms with Crippen molar-refractivity contribution >= 4 is 35.0 Å². The fourth-order valence-corrected chi connectivity index (χ4v) is 4.49. The molecule has 0 aromatic heterocycles. The molecule has 0 heterocycles. The third kappa shape index (κ3) is 6.72. The molecule has 1 N–H and O–H groups in total. The van der Waals surface area contributed by atoms with E-state index in [2.05, 4.69) is 5.32 Å². The highest BCUT2D eigenvalue weighted by atomic mass is 35.5. The number of rotatable bonds is 8. The Labute approximate surface area is 194 Å². The number of halogens is 2. The summed E-state index contributed by atoms with van der Waals surface area (Å²) in [5, 5.41) is 4.10. The molecule has 2 amide bonds. The van der Waals surface area contributed by atoms with Gasteiger partial charge in [-0.25, -0.2) is 0 Å². The Hall–Kier alpha value is -2.04. The lowest BCUT2D eigenvalue weighted by molar-refractivity contribution is -0.141. The summed E-state index contributed by atoms with van der Waals surface area (Å²) in [5.41, 5.74) is 1.77. The summed E-state index contributed by atoms with van der Waals surface area (Å²) >= 11 is 12.3. The molecule has 31 heavy (non-hydrogen) atoms. The first-order valence-electron chi connectivity index (χ1n) is 11.1. The van der Waals surface area contributed by atoms with Gasteiger partial charge in [0.05, 0.1) is 16.5 Å². The van der Waals surface area contributed by atoms with Gasteiger partial charge in [0.2, 0.25) is 11.8 Å². The van der Waals surface area contributed by atoms with Crippen molar-refractivity contribution in [1.82, 2.24) is 10.2 Å². The van der Waals surface area contributed by atoms with Crippen LogP contribution in [0.15, 0.2) is 48.5 Å². The third-order valence-electron chi connectivity index (χ3n) is 5.87. The van der Waals surface area contributed by atoms with Gasteiger partial charge in [-0.15, -0.1) is 0 Å². The maximum absolute atomic E-state index is 13.4. The Morgan fingerprint density at radius 1 is 1.00 bits per heavy atom. The zero-order valence-corrected chi connectivity index (χ0v) is 19.5. The second-order valence-electron chi connectivity index (χ2n) is 8.20. The number of nitrogens with one attached hydrogen (secondary N) is 1. The molecule has 3 rings (SSSR count). The summed E-state index contributed by atoms with van der Waals surface area (Å²) in [6.45, 7) is 2.25. The van der Waals surface area contributed by atoms with E-state index in [9.17, 15) is 9.59 Å². The van der Waals surface area contributed by atoms with Crippen LogP contribution in [0.4, 0.5) is 0 Å². The summed E-state index contributed by atoms with van der Waals surface area (Å²) < 4.78 is 0. The average molecular weight is 461 g/mol. The van der Waals surface area contributed by atoms with Gasteiger partial charge in [0.15, 0.2) is 0 Å². The predicted octanol–water partition coefficient (Wildman–Crippen LogP) is 5.79. The smallest absolute Gasteiger partial charge is 0.243 e. The van der Waals surface area contributed by atoms with Crippen LogP contribution in [0.25, 0.3) is 0 Å². The molecule has 1 fully saturated rings. The molecular weight excluding hydrogens is 431 g/mol. The molecule has 4 nitrogen and oxygen atoms in total. The number of hydrogen-bond donors (Lipinski definition) is 1. The first-order valence-corrected chi connectivity index (χ1v) is 11.8. The maximum atomic E-state index is 13.4. The van der Waals surface area contributed by atoms with Crippen LogP contribution in [0.2, 0.25) is 10.0 Å². The SMILES string of the molecule is CC[C@H](C(=O)NC1CCCCC1)N(Cc1ccc(Cl)c(Cl)c1)C(=O)Cc1ccccc1. The van der Waals surface area contributed by atoms with Gasteiger partial charge in [-0.2, -0.15) is 0 Å². The number of hydrogen-bond acceptors (Lipinski definition) is 2. The highest BCUT2D eigenvalue weighted by molar-refractivity contribution is 6.42. The zero-order valence-electron chi connectivity index (χ0n) is 17.9. The molecule has 6 heteroatoms. The lowest BCUT2D eigenvalue weighted by Crippen LogP contribution is -2.51. The van der Waals surface area contributed by atoms with E-state index in [1.54, 1.807) is 17.0 Å². The summed E-state index contributed by atoms with van der Waals surface area (Å²) in [4.78, 5) is 28.2. The minimum absolute atomic E-state index is 0.0733. The van der Waals surface area contributed by atoms with Crippen LogP contribution in [-0.2, 0) is 22.6 Å². The molecule has 1 saturated carbocycles. The van der Waals surface area contributed by atoms with E-state index >= 15 is 0 Å². The van der Waals surface area contributed by atoms with Gasteiger partial charge in [-0.1, -0.05) is 85.8 Å². The van der Waals surface area contributed by atoms with Gasteiger partial charge in [-0.05, 0) is 42.5 Å². The van der Waals surface area contributed by atoms with E-state index in [0.717, 1.165) is 36.8 Å². The fourth-order valence-electron chi connectivity index (χ4n) is 4.17. The second-order valence-corrected chi connectivity index (χ2v) is 9.01. The van der Waals surface area contributed by atoms with Gasteiger partial charge in [-0.3, -0.25) is 9.59 Å². The Morgan fingerprint density at radius 2 is 1.71 bits per heavy atom. The predicted molar refractivity (Wildman–Crippen MR) is 126 cm³/mol. The van der Waals surface area contributed by atoms with Crippen LogP contribution in [0.5, 0.6) is 0 Å². The quantitative estimate of drug-likeness (QED) is 0.541.